The maximum atomic E-state index is 12.0. The summed E-state index contributed by atoms with van der Waals surface area (Å²) in [5.74, 6) is 1.46. The zero-order valence-corrected chi connectivity index (χ0v) is 21.4. The van der Waals surface area contributed by atoms with Crippen LogP contribution in [0.3, 0.4) is 0 Å². The van der Waals surface area contributed by atoms with Crippen LogP contribution in [-0.2, 0) is 15.9 Å². The highest BCUT2D eigenvalue weighted by Crippen LogP contribution is 2.17. The van der Waals surface area contributed by atoms with Crippen LogP contribution in [0.15, 0.2) is 109 Å². The third kappa shape index (κ3) is 9.77. The van der Waals surface area contributed by atoms with Gasteiger partial charge < -0.3 is 18.9 Å². The second-order valence-corrected chi connectivity index (χ2v) is 8.42. The summed E-state index contributed by atoms with van der Waals surface area (Å²) in [6, 6.07) is 33.8. The molecular weight excluding hydrogens is 496 g/mol. The Morgan fingerprint density at radius 3 is 1.26 bits per heavy atom. The standard InChI is InChI=1S/C31H30N2O6/c34-30(38-21-19-36-28-7-3-1-4-8-28)32-26-15-11-24(12-16-26)23-25-13-17-27(18-14-25)33-31(35)39-22-20-37-29-9-5-2-6-10-29/h1-18H,19-23H2,(H,32,34)(H,33,35). The number of carbonyl (C=O) groups excluding carboxylic acids is 2. The predicted octanol–water partition coefficient (Wildman–Crippen LogP) is 6.53. The molecule has 0 unspecified atom stereocenters. The van der Waals surface area contributed by atoms with Gasteiger partial charge in [-0.3, -0.25) is 10.6 Å². The van der Waals surface area contributed by atoms with Gasteiger partial charge in [-0.1, -0.05) is 60.7 Å². The molecule has 2 N–H and O–H groups in total. The number of carbonyl (C=O) groups is 2. The van der Waals surface area contributed by atoms with Crippen LogP contribution in [-0.4, -0.2) is 38.6 Å². The fourth-order valence-corrected chi connectivity index (χ4v) is 3.58. The number of benzene rings is 4. The number of ether oxygens (including phenoxy) is 4. The average molecular weight is 527 g/mol. The Hall–Kier alpha value is -4.98. The largest absolute Gasteiger partial charge is 0.490 e. The SMILES string of the molecule is O=C(Nc1ccc(Cc2ccc(NC(=O)OCCOc3ccccc3)cc2)cc1)OCCOc1ccccc1. The van der Waals surface area contributed by atoms with Gasteiger partial charge in [0.25, 0.3) is 0 Å². The molecule has 0 aliphatic rings. The predicted molar refractivity (Wildman–Crippen MR) is 150 cm³/mol. The van der Waals surface area contributed by atoms with Gasteiger partial charge in [-0.25, -0.2) is 9.59 Å². The zero-order valence-electron chi connectivity index (χ0n) is 21.4. The first-order chi connectivity index (χ1) is 19.1. The van der Waals surface area contributed by atoms with E-state index in [9.17, 15) is 9.59 Å². The van der Waals surface area contributed by atoms with Crippen LogP contribution in [0.4, 0.5) is 21.0 Å². The van der Waals surface area contributed by atoms with Crippen LogP contribution in [0.1, 0.15) is 11.1 Å². The summed E-state index contributed by atoms with van der Waals surface area (Å²) < 4.78 is 21.3. The van der Waals surface area contributed by atoms with Gasteiger partial charge in [0.2, 0.25) is 0 Å². The van der Waals surface area contributed by atoms with E-state index in [0.717, 1.165) is 22.6 Å². The van der Waals surface area contributed by atoms with Gasteiger partial charge in [-0.05, 0) is 66.1 Å². The fourth-order valence-electron chi connectivity index (χ4n) is 3.58. The summed E-state index contributed by atoms with van der Waals surface area (Å²) in [5.41, 5.74) is 3.42. The lowest BCUT2D eigenvalue weighted by atomic mass is 10.0. The number of nitrogens with one attached hydrogen (secondary N) is 2. The smallest absolute Gasteiger partial charge is 0.411 e. The lowest BCUT2D eigenvalue weighted by molar-refractivity contribution is 0.137. The van der Waals surface area contributed by atoms with Gasteiger partial charge in [0.15, 0.2) is 0 Å². The summed E-state index contributed by atoms with van der Waals surface area (Å²) in [6.45, 7) is 0.833. The first-order valence-corrected chi connectivity index (χ1v) is 12.6. The molecule has 2 amide bonds. The van der Waals surface area contributed by atoms with E-state index in [1.165, 1.54) is 0 Å². The minimum atomic E-state index is -0.537. The second kappa shape index (κ2) is 14.7. The lowest BCUT2D eigenvalue weighted by Gasteiger charge is -2.10. The van der Waals surface area contributed by atoms with Crippen molar-refractivity contribution in [3.8, 4) is 11.5 Å². The molecule has 0 atom stereocenters. The van der Waals surface area contributed by atoms with Crippen molar-refractivity contribution in [2.75, 3.05) is 37.1 Å². The molecule has 4 aromatic carbocycles. The van der Waals surface area contributed by atoms with Crippen molar-refractivity contribution in [3.63, 3.8) is 0 Å². The zero-order chi connectivity index (χ0) is 27.1. The summed E-state index contributed by atoms with van der Waals surface area (Å²) >= 11 is 0. The van der Waals surface area contributed by atoms with Crippen molar-refractivity contribution in [2.45, 2.75) is 6.42 Å². The van der Waals surface area contributed by atoms with Gasteiger partial charge in [0.1, 0.15) is 37.9 Å². The van der Waals surface area contributed by atoms with Gasteiger partial charge in [-0.15, -0.1) is 0 Å². The normalized spacial score (nSPS) is 10.3. The summed E-state index contributed by atoms with van der Waals surface area (Å²) in [5, 5.41) is 5.41. The Morgan fingerprint density at radius 1 is 0.487 bits per heavy atom. The molecule has 0 fully saturated rings. The molecule has 200 valence electrons. The Kier molecular flexibility index (Phi) is 10.2. The maximum absolute atomic E-state index is 12.0. The van der Waals surface area contributed by atoms with Crippen molar-refractivity contribution in [3.05, 3.63) is 120 Å². The molecule has 0 spiro atoms. The van der Waals surface area contributed by atoms with E-state index in [0.29, 0.717) is 17.8 Å². The van der Waals surface area contributed by atoms with Gasteiger partial charge in [0.05, 0.1) is 0 Å². The molecule has 0 saturated carbocycles. The number of anilines is 2. The van der Waals surface area contributed by atoms with Crippen LogP contribution in [0.5, 0.6) is 11.5 Å². The van der Waals surface area contributed by atoms with E-state index in [-0.39, 0.29) is 26.4 Å². The van der Waals surface area contributed by atoms with Crippen LogP contribution < -0.4 is 20.1 Å². The highest BCUT2D eigenvalue weighted by molar-refractivity contribution is 5.85. The molecule has 4 aromatic rings. The van der Waals surface area contributed by atoms with Crippen LogP contribution in [0.2, 0.25) is 0 Å². The molecule has 4 rings (SSSR count). The van der Waals surface area contributed by atoms with Crippen molar-refractivity contribution in [1.29, 1.82) is 0 Å². The van der Waals surface area contributed by atoms with E-state index in [1.807, 2.05) is 109 Å². The molecule has 0 radical (unpaired) electrons. The third-order valence-corrected chi connectivity index (χ3v) is 5.47. The minimum absolute atomic E-state index is 0.143. The molecule has 8 heteroatoms. The number of para-hydroxylation sites is 2. The molecule has 0 aromatic heterocycles. The van der Waals surface area contributed by atoms with Crippen molar-refractivity contribution < 1.29 is 28.5 Å². The van der Waals surface area contributed by atoms with E-state index in [4.69, 9.17) is 18.9 Å². The first-order valence-electron chi connectivity index (χ1n) is 12.6. The number of hydrogen-bond acceptors (Lipinski definition) is 6. The number of rotatable bonds is 12. The van der Waals surface area contributed by atoms with Crippen LogP contribution >= 0.6 is 0 Å². The Morgan fingerprint density at radius 2 is 0.872 bits per heavy atom. The lowest BCUT2D eigenvalue weighted by Crippen LogP contribution is -2.17. The van der Waals surface area contributed by atoms with Gasteiger partial charge in [0, 0.05) is 11.4 Å². The van der Waals surface area contributed by atoms with Crippen LogP contribution in [0.25, 0.3) is 0 Å². The summed E-state index contributed by atoms with van der Waals surface area (Å²) in [7, 11) is 0. The molecule has 8 nitrogen and oxygen atoms in total. The van der Waals surface area contributed by atoms with E-state index < -0.39 is 12.2 Å². The van der Waals surface area contributed by atoms with Crippen molar-refractivity contribution in [2.24, 2.45) is 0 Å². The molecular formula is C31H30N2O6. The monoisotopic (exact) mass is 526 g/mol. The Labute approximate surface area is 227 Å². The van der Waals surface area contributed by atoms with E-state index in [2.05, 4.69) is 10.6 Å². The minimum Gasteiger partial charge on any atom is -0.490 e. The van der Waals surface area contributed by atoms with Gasteiger partial charge in [-0.2, -0.15) is 0 Å². The van der Waals surface area contributed by atoms with Gasteiger partial charge >= 0.3 is 12.2 Å². The quantitative estimate of drug-likeness (QED) is 0.204. The molecule has 0 aliphatic heterocycles. The molecule has 0 bridgehead atoms. The van der Waals surface area contributed by atoms with Crippen molar-refractivity contribution in [1.82, 2.24) is 0 Å². The van der Waals surface area contributed by atoms with E-state index in [1.54, 1.807) is 0 Å². The molecule has 0 saturated heterocycles. The summed E-state index contributed by atoms with van der Waals surface area (Å²) in [4.78, 5) is 24.0. The average Bonchev–Trinajstić information content (AvgIpc) is 2.97. The molecule has 39 heavy (non-hydrogen) atoms. The van der Waals surface area contributed by atoms with Crippen LogP contribution in [0, 0.1) is 0 Å². The number of amides is 2. The highest BCUT2D eigenvalue weighted by atomic mass is 16.6. The molecule has 0 heterocycles. The maximum Gasteiger partial charge on any atom is 0.411 e. The Balaban J connectivity index is 1.13. The highest BCUT2D eigenvalue weighted by Gasteiger charge is 2.06. The number of hydrogen-bond donors (Lipinski definition) is 2. The first kappa shape index (κ1) is 27.1. The van der Waals surface area contributed by atoms with Crippen molar-refractivity contribution >= 4 is 23.6 Å². The fraction of sp³-hybridized carbons (Fsp3) is 0.161. The summed E-state index contributed by atoms with van der Waals surface area (Å²) in [6.07, 6.45) is -0.377. The topological polar surface area (TPSA) is 95.1 Å². The van der Waals surface area contributed by atoms with E-state index >= 15 is 0 Å². The molecule has 0 aliphatic carbocycles. The third-order valence-electron chi connectivity index (χ3n) is 5.47. The second-order valence-electron chi connectivity index (χ2n) is 8.42. The Bertz CT molecular complexity index is 1190.